The molecule has 1 saturated carbocycles. The Kier molecular flexibility index (Phi) is 2.00. The lowest BCUT2D eigenvalue weighted by Crippen LogP contribution is -2.20. The second-order valence-corrected chi connectivity index (χ2v) is 4.09. The minimum atomic E-state index is -0.149. The highest BCUT2D eigenvalue weighted by Crippen LogP contribution is 2.47. The molecule has 1 aliphatic rings. The Balaban J connectivity index is 2.56. The van der Waals surface area contributed by atoms with Gasteiger partial charge in [0.15, 0.2) is 0 Å². The predicted octanol–water partition coefficient (Wildman–Crippen LogP) is 1.65. The van der Waals surface area contributed by atoms with Gasteiger partial charge in [-0.25, -0.2) is 0 Å². The molecule has 14 heavy (non-hydrogen) atoms. The zero-order valence-corrected chi connectivity index (χ0v) is 8.92. The summed E-state index contributed by atoms with van der Waals surface area (Å²) in [5, 5.41) is 0. The third kappa shape index (κ3) is 1.38. The molecule has 0 atom stereocenters. The molecule has 0 unspecified atom stereocenters. The van der Waals surface area contributed by atoms with Crippen LogP contribution in [0.25, 0.3) is 0 Å². The Morgan fingerprint density at radius 1 is 1.43 bits per heavy atom. The fourth-order valence-electron chi connectivity index (χ4n) is 1.85. The zero-order chi connectivity index (χ0) is 10.3. The van der Waals surface area contributed by atoms with Crippen molar-refractivity contribution in [2.24, 2.45) is 5.73 Å². The van der Waals surface area contributed by atoms with Gasteiger partial charge in [-0.15, -0.1) is 0 Å². The van der Waals surface area contributed by atoms with Crippen molar-refractivity contribution in [3.05, 3.63) is 23.0 Å². The lowest BCUT2D eigenvalue weighted by molar-refractivity contribution is 0.398. The minimum Gasteiger partial charge on any atom is -0.494 e. The van der Waals surface area contributed by atoms with Crippen LogP contribution in [-0.4, -0.2) is 12.1 Å². The topological polar surface area (TPSA) is 48.1 Å². The molecular weight excluding hydrogens is 176 g/mol. The molecule has 0 aromatic carbocycles. The number of nitrogens with two attached hydrogens (primary N) is 1. The van der Waals surface area contributed by atoms with Crippen LogP contribution in [0.1, 0.15) is 29.8 Å². The van der Waals surface area contributed by atoms with Gasteiger partial charge in [0.05, 0.1) is 12.8 Å². The van der Waals surface area contributed by atoms with E-state index in [4.69, 9.17) is 10.5 Å². The fraction of sp³-hybridized carbons (Fsp3) is 0.545. The van der Waals surface area contributed by atoms with E-state index in [0.717, 1.165) is 35.5 Å². The SMILES string of the molecule is COc1c(C2(N)CC2)cc(C)nc1C. The summed E-state index contributed by atoms with van der Waals surface area (Å²) >= 11 is 0. The number of ether oxygens (including phenoxy) is 1. The highest BCUT2D eigenvalue weighted by Gasteiger charge is 2.42. The van der Waals surface area contributed by atoms with Crippen molar-refractivity contribution >= 4 is 0 Å². The van der Waals surface area contributed by atoms with Crippen LogP contribution < -0.4 is 10.5 Å². The number of hydrogen-bond acceptors (Lipinski definition) is 3. The van der Waals surface area contributed by atoms with Gasteiger partial charge in [0.2, 0.25) is 0 Å². The van der Waals surface area contributed by atoms with Gasteiger partial charge >= 0.3 is 0 Å². The number of methoxy groups -OCH3 is 1. The molecule has 0 saturated heterocycles. The van der Waals surface area contributed by atoms with Crippen LogP contribution in [-0.2, 0) is 5.54 Å². The van der Waals surface area contributed by atoms with Crippen molar-refractivity contribution < 1.29 is 4.74 Å². The van der Waals surface area contributed by atoms with Gasteiger partial charge in [-0.1, -0.05) is 0 Å². The highest BCUT2D eigenvalue weighted by molar-refractivity contribution is 5.45. The Bertz CT molecular complexity index is 370. The van der Waals surface area contributed by atoms with E-state index in [0.29, 0.717) is 0 Å². The van der Waals surface area contributed by atoms with Crippen LogP contribution >= 0.6 is 0 Å². The summed E-state index contributed by atoms with van der Waals surface area (Å²) in [7, 11) is 1.68. The second-order valence-electron chi connectivity index (χ2n) is 4.09. The van der Waals surface area contributed by atoms with Gasteiger partial charge in [0.1, 0.15) is 5.75 Å². The van der Waals surface area contributed by atoms with Crippen LogP contribution in [0.5, 0.6) is 5.75 Å². The molecule has 1 heterocycles. The van der Waals surface area contributed by atoms with Crippen molar-refractivity contribution in [1.82, 2.24) is 4.98 Å². The van der Waals surface area contributed by atoms with Gasteiger partial charge in [0.25, 0.3) is 0 Å². The molecule has 3 heteroatoms. The lowest BCUT2D eigenvalue weighted by Gasteiger charge is -2.16. The molecule has 1 aliphatic carbocycles. The van der Waals surface area contributed by atoms with Crippen LogP contribution in [0.3, 0.4) is 0 Å². The van der Waals surface area contributed by atoms with E-state index < -0.39 is 0 Å². The average Bonchev–Trinajstić information content (AvgIpc) is 2.84. The Hall–Kier alpha value is -1.09. The molecule has 0 amide bonds. The molecule has 2 rings (SSSR count). The first-order valence-electron chi connectivity index (χ1n) is 4.88. The summed E-state index contributed by atoms with van der Waals surface area (Å²) in [6.45, 7) is 3.95. The van der Waals surface area contributed by atoms with Gasteiger partial charge in [-0.3, -0.25) is 4.98 Å². The largest absolute Gasteiger partial charge is 0.494 e. The van der Waals surface area contributed by atoms with Gasteiger partial charge in [-0.2, -0.15) is 0 Å². The second kappa shape index (κ2) is 2.95. The third-order valence-corrected chi connectivity index (χ3v) is 2.80. The van der Waals surface area contributed by atoms with E-state index in [1.54, 1.807) is 7.11 Å². The monoisotopic (exact) mass is 192 g/mol. The van der Waals surface area contributed by atoms with Crippen molar-refractivity contribution in [3.8, 4) is 5.75 Å². The first-order chi connectivity index (χ1) is 6.57. The molecule has 0 bridgehead atoms. The maximum atomic E-state index is 6.17. The summed E-state index contributed by atoms with van der Waals surface area (Å²) in [5.74, 6) is 0.857. The molecule has 2 N–H and O–H groups in total. The summed E-state index contributed by atoms with van der Waals surface area (Å²) in [4.78, 5) is 4.37. The van der Waals surface area contributed by atoms with Crippen molar-refractivity contribution in [3.63, 3.8) is 0 Å². The van der Waals surface area contributed by atoms with Gasteiger partial charge < -0.3 is 10.5 Å². The number of aryl methyl sites for hydroxylation is 2. The molecule has 0 aliphatic heterocycles. The van der Waals surface area contributed by atoms with Crippen LogP contribution in [0.15, 0.2) is 6.07 Å². The molecule has 3 nitrogen and oxygen atoms in total. The van der Waals surface area contributed by atoms with E-state index in [2.05, 4.69) is 4.98 Å². The van der Waals surface area contributed by atoms with E-state index in [1.807, 2.05) is 19.9 Å². The van der Waals surface area contributed by atoms with E-state index in [-0.39, 0.29) is 5.54 Å². The average molecular weight is 192 g/mol. The Morgan fingerprint density at radius 2 is 2.07 bits per heavy atom. The summed E-state index contributed by atoms with van der Waals surface area (Å²) < 4.78 is 5.36. The van der Waals surface area contributed by atoms with Crippen molar-refractivity contribution in [2.45, 2.75) is 32.2 Å². The third-order valence-electron chi connectivity index (χ3n) is 2.80. The summed E-state index contributed by atoms with van der Waals surface area (Å²) in [6, 6.07) is 2.04. The molecule has 0 spiro atoms. The molecule has 0 radical (unpaired) electrons. The van der Waals surface area contributed by atoms with Gasteiger partial charge in [0, 0.05) is 16.8 Å². The fourth-order valence-corrected chi connectivity index (χ4v) is 1.85. The first kappa shape index (κ1) is 9.46. The van der Waals surface area contributed by atoms with Crippen LogP contribution in [0.2, 0.25) is 0 Å². The molecule has 1 fully saturated rings. The normalized spacial score (nSPS) is 18.0. The number of pyridine rings is 1. The highest BCUT2D eigenvalue weighted by atomic mass is 16.5. The first-order valence-corrected chi connectivity index (χ1v) is 4.88. The van der Waals surface area contributed by atoms with Crippen molar-refractivity contribution in [1.29, 1.82) is 0 Å². The van der Waals surface area contributed by atoms with E-state index >= 15 is 0 Å². The maximum Gasteiger partial charge on any atom is 0.145 e. The quantitative estimate of drug-likeness (QED) is 0.775. The lowest BCUT2D eigenvalue weighted by atomic mass is 10.0. The molecule has 76 valence electrons. The number of nitrogens with zero attached hydrogens (tertiary/aromatic N) is 1. The predicted molar refractivity (Wildman–Crippen MR) is 55.4 cm³/mol. The molecule has 1 aromatic heterocycles. The Labute approximate surface area is 84.3 Å². The molecule has 1 aromatic rings. The zero-order valence-electron chi connectivity index (χ0n) is 8.92. The minimum absolute atomic E-state index is 0.149. The van der Waals surface area contributed by atoms with Crippen LogP contribution in [0.4, 0.5) is 0 Å². The standard InChI is InChI=1S/C11H16N2O/c1-7-6-9(11(12)4-5-11)10(14-3)8(2)13-7/h6H,4-5,12H2,1-3H3. The Morgan fingerprint density at radius 3 is 2.57 bits per heavy atom. The number of aromatic nitrogens is 1. The van der Waals surface area contributed by atoms with E-state index in [1.165, 1.54) is 0 Å². The van der Waals surface area contributed by atoms with Gasteiger partial charge in [-0.05, 0) is 32.8 Å². The number of rotatable bonds is 2. The van der Waals surface area contributed by atoms with E-state index in [9.17, 15) is 0 Å². The van der Waals surface area contributed by atoms with Crippen LogP contribution in [0, 0.1) is 13.8 Å². The van der Waals surface area contributed by atoms with Crippen molar-refractivity contribution in [2.75, 3.05) is 7.11 Å². The maximum absolute atomic E-state index is 6.17. The summed E-state index contributed by atoms with van der Waals surface area (Å²) in [5.41, 5.74) is 9.08. The summed E-state index contributed by atoms with van der Waals surface area (Å²) in [6.07, 6.45) is 2.10. The number of hydrogen-bond donors (Lipinski definition) is 1. The molecular formula is C11H16N2O. The smallest absolute Gasteiger partial charge is 0.145 e.